The minimum atomic E-state index is -3.26. The molecule has 140 valence electrons. The first-order valence-electron chi connectivity index (χ1n) is 8.66. The molecule has 1 amide bonds. The zero-order valence-corrected chi connectivity index (χ0v) is 15.6. The minimum Gasteiger partial charge on any atom is -0.355 e. The third-order valence-electron chi connectivity index (χ3n) is 4.65. The van der Waals surface area contributed by atoms with E-state index in [2.05, 4.69) is 15.7 Å². The van der Waals surface area contributed by atoms with Gasteiger partial charge in [-0.05, 0) is 11.1 Å². The summed E-state index contributed by atoms with van der Waals surface area (Å²) in [4.78, 5) is 12.5. The summed E-state index contributed by atoms with van der Waals surface area (Å²) >= 11 is 0. The average Bonchev–Trinajstić information content (AvgIpc) is 3.23. The summed E-state index contributed by atoms with van der Waals surface area (Å²) in [5.41, 5.74) is 1.78. The van der Waals surface area contributed by atoms with Crippen LogP contribution in [0.3, 0.4) is 0 Å². The van der Waals surface area contributed by atoms with E-state index in [1.54, 1.807) is 23.0 Å². The van der Waals surface area contributed by atoms with Crippen LogP contribution in [0.25, 0.3) is 0 Å². The maximum Gasteiger partial charge on any atom is 0.225 e. The number of nitrogens with zero attached hydrogens (tertiary/aromatic N) is 2. The molecule has 1 saturated heterocycles. The number of carbonyl (C=O) groups is 1. The molecule has 2 N–H and O–H groups in total. The summed E-state index contributed by atoms with van der Waals surface area (Å²) in [6.07, 6.45) is 3.70. The minimum absolute atomic E-state index is 0.00694. The summed E-state index contributed by atoms with van der Waals surface area (Å²) in [5.74, 6) is -0.336. The summed E-state index contributed by atoms with van der Waals surface area (Å²) in [5, 5.41) is 10.2. The summed E-state index contributed by atoms with van der Waals surface area (Å²) in [6.45, 7) is 1.43. The number of rotatable bonds is 7. The largest absolute Gasteiger partial charge is 0.355 e. The maximum absolute atomic E-state index is 12.5. The topological polar surface area (TPSA) is 93.1 Å². The van der Waals surface area contributed by atoms with Gasteiger partial charge in [0.15, 0.2) is 9.84 Å². The van der Waals surface area contributed by atoms with Crippen LogP contribution < -0.4 is 10.6 Å². The van der Waals surface area contributed by atoms with Gasteiger partial charge in [-0.2, -0.15) is 5.10 Å². The molecule has 26 heavy (non-hydrogen) atoms. The molecule has 0 radical (unpaired) electrons. The van der Waals surface area contributed by atoms with E-state index in [1.807, 2.05) is 31.4 Å². The van der Waals surface area contributed by atoms with Gasteiger partial charge in [0.2, 0.25) is 5.91 Å². The van der Waals surface area contributed by atoms with Crippen molar-refractivity contribution in [3.8, 4) is 0 Å². The standard InChI is InChI=1S/C18H24N4O3S/c1-22-12-15(9-21-22)16-10-19-11-17(16)18(23)20-7-8-26(24,25)13-14-5-3-2-4-6-14/h2-6,9,12,16-17,19H,7-8,10-11,13H2,1H3,(H,20,23)/t16-,17+/m1/s1. The number of sulfone groups is 1. The molecule has 1 fully saturated rings. The van der Waals surface area contributed by atoms with Crippen LogP contribution in [0.4, 0.5) is 0 Å². The summed E-state index contributed by atoms with van der Waals surface area (Å²) < 4.78 is 26.2. The molecule has 2 atom stereocenters. The van der Waals surface area contributed by atoms with Gasteiger partial charge in [0.05, 0.1) is 23.6 Å². The van der Waals surface area contributed by atoms with Crippen molar-refractivity contribution >= 4 is 15.7 Å². The van der Waals surface area contributed by atoms with Crippen LogP contribution in [0.15, 0.2) is 42.7 Å². The molecule has 0 aliphatic carbocycles. The van der Waals surface area contributed by atoms with Gasteiger partial charge in [0.25, 0.3) is 0 Å². The molecular formula is C18H24N4O3S. The summed E-state index contributed by atoms with van der Waals surface area (Å²) in [6, 6.07) is 9.07. The van der Waals surface area contributed by atoms with E-state index in [1.165, 1.54) is 0 Å². The molecular weight excluding hydrogens is 352 g/mol. The Labute approximate surface area is 153 Å². The predicted molar refractivity (Wildman–Crippen MR) is 99.3 cm³/mol. The SMILES string of the molecule is Cn1cc([C@H]2CNC[C@@H]2C(=O)NCCS(=O)(=O)Cc2ccccc2)cn1. The number of amides is 1. The number of aryl methyl sites for hydroxylation is 1. The van der Waals surface area contributed by atoms with Crippen molar-refractivity contribution in [3.05, 3.63) is 53.9 Å². The first-order chi connectivity index (χ1) is 12.4. The maximum atomic E-state index is 12.5. The van der Waals surface area contributed by atoms with Gasteiger partial charge in [-0.25, -0.2) is 8.42 Å². The van der Waals surface area contributed by atoms with Gasteiger partial charge in [0.1, 0.15) is 0 Å². The van der Waals surface area contributed by atoms with E-state index in [0.717, 1.165) is 17.7 Å². The first-order valence-corrected chi connectivity index (χ1v) is 10.5. The average molecular weight is 376 g/mol. The number of carbonyl (C=O) groups excluding carboxylic acids is 1. The highest BCUT2D eigenvalue weighted by atomic mass is 32.2. The Kier molecular flexibility index (Phi) is 5.73. The normalized spacial score (nSPS) is 20.2. The molecule has 1 aromatic heterocycles. The molecule has 1 aliphatic rings. The Morgan fingerprint density at radius 1 is 1.31 bits per heavy atom. The van der Waals surface area contributed by atoms with Crippen LogP contribution >= 0.6 is 0 Å². The monoisotopic (exact) mass is 376 g/mol. The fraction of sp³-hybridized carbons (Fsp3) is 0.444. The summed E-state index contributed by atoms with van der Waals surface area (Å²) in [7, 11) is -1.41. The third-order valence-corrected chi connectivity index (χ3v) is 6.24. The zero-order chi connectivity index (χ0) is 18.6. The molecule has 3 rings (SSSR count). The van der Waals surface area contributed by atoms with Crippen LogP contribution in [0, 0.1) is 5.92 Å². The fourth-order valence-electron chi connectivity index (χ4n) is 3.30. The van der Waals surface area contributed by atoms with E-state index < -0.39 is 9.84 Å². The second-order valence-electron chi connectivity index (χ2n) is 6.69. The quantitative estimate of drug-likeness (QED) is 0.732. The Hall–Kier alpha value is -2.19. The van der Waals surface area contributed by atoms with Gasteiger partial charge in [-0.15, -0.1) is 0 Å². The van der Waals surface area contributed by atoms with Gasteiger partial charge in [0, 0.05) is 38.8 Å². The van der Waals surface area contributed by atoms with E-state index in [-0.39, 0.29) is 35.8 Å². The van der Waals surface area contributed by atoms with E-state index >= 15 is 0 Å². The Morgan fingerprint density at radius 2 is 2.08 bits per heavy atom. The van der Waals surface area contributed by atoms with Crippen molar-refractivity contribution in [3.63, 3.8) is 0 Å². The van der Waals surface area contributed by atoms with Crippen molar-refractivity contribution in [1.29, 1.82) is 0 Å². The van der Waals surface area contributed by atoms with Gasteiger partial charge >= 0.3 is 0 Å². The molecule has 0 bridgehead atoms. The molecule has 0 spiro atoms. The highest BCUT2D eigenvalue weighted by Crippen LogP contribution is 2.27. The molecule has 2 aromatic rings. The molecule has 0 unspecified atom stereocenters. The van der Waals surface area contributed by atoms with E-state index in [0.29, 0.717) is 6.54 Å². The Balaban J connectivity index is 1.52. The second-order valence-corrected chi connectivity index (χ2v) is 8.87. The molecule has 0 saturated carbocycles. The third kappa shape index (κ3) is 4.70. The van der Waals surface area contributed by atoms with Crippen molar-refractivity contribution < 1.29 is 13.2 Å². The van der Waals surface area contributed by atoms with E-state index in [9.17, 15) is 13.2 Å². The fourth-order valence-corrected chi connectivity index (χ4v) is 4.55. The number of benzene rings is 1. The molecule has 1 aliphatic heterocycles. The number of hydrogen-bond acceptors (Lipinski definition) is 5. The lowest BCUT2D eigenvalue weighted by atomic mass is 9.90. The lowest BCUT2D eigenvalue weighted by Crippen LogP contribution is -2.37. The van der Waals surface area contributed by atoms with Gasteiger partial charge in [-0.1, -0.05) is 30.3 Å². The van der Waals surface area contributed by atoms with Crippen LogP contribution in [0.2, 0.25) is 0 Å². The highest BCUT2D eigenvalue weighted by Gasteiger charge is 2.34. The highest BCUT2D eigenvalue weighted by molar-refractivity contribution is 7.90. The molecule has 7 nitrogen and oxygen atoms in total. The number of nitrogens with one attached hydrogen (secondary N) is 2. The van der Waals surface area contributed by atoms with Crippen molar-refractivity contribution in [2.45, 2.75) is 11.7 Å². The van der Waals surface area contributed by atoms with Crippen LogP contribution in [-0.2, 0) is 27.4 Å². The van der Waals surface area contributed by atoms with Gasteiger partial charge in [-0.3, -0.25) is 9.48 Å². The van der Waals surface area contributed by atoms with Crippen molar-refractivity contribution in [2.24, 2.45) is 13.0 Å². The van der Waals surface area contributed by atoms with Crippen molar-refractivity contribution in [1.82, 2.24) is 20.4 Å². The Morgan fingerprint density at radius 3 is 2.77 bits per heavy atom. The van der Waals surface area contributed by atoms with Gasteiger partial charge < -0.3 is 10.6 Å². The number of hydrogen-bond donors (Lipinski definition) is 2. The Bertz CT molecular complexity index is 848. The van der Waals surface area contributed by atoms with Crippen LogP contribution in [0.1, 0.15) is 17.0 Å². The van der Waals surface area contributed by atoms with Crippen LogP contribution in [-0.4, -0.2) is 49.5 Å². The second kappa shape index (κ2) is 8.01. The zero-order valence-electron chi connectivity index (χ0n) is 14.8. The lowest BCUT2D eigenvalue weighted by molar-refractivity contribution is -0.124. The van der Waals surface area contributed by atoms with E-state index in [4.69, 9.17) is 0 Å². The first kappa shape index (κ1) is 18.6. The van der Waals surface area contributed by atoms with Crippen molar-refractivity contribution in [2.75, 3.05) is 25.4 Å². The smallest absolute Gasteiger partial charge is 0.225 e. The lowest BCUT2D eigenvalue weighted by Gasteiger charge is -2.17. The van der Waals surface area contributed by atoms with Crippen LogP contribution in [0.5, 0.6) is 0 Å². The number of aromatic nitrogens is 2. The molecule has 1 aromatic carbocycles. The predicted octanol–water partition coefficient (Wildman–Crippen LogP) is 0.454. The molecule has 2 heterocycles. The molecule has 8 heteroatoms.